The molecule has 4 atom stereocenters. The Bertz CT molecular complexity index is 403. The molecule has 0 radical (unpaired) electrons. The number of hydrogen-bond donors (Lipinski definition) is 1. The lowest BCUT2D eigenvalue weighted by atomic mass is 9.87. The average Bonchev–Trinajstić information content (AvgIpc) is 3.02. The van der Waals surface area contributed by atoms with Gasteiger partial charge in [0.05, 0.1) is 12.2 Å². The third-order valence-electron chi connectivity index (χ3n) is 4.74. The molecular weight excluding hydrogens is 234 g/mol. The van der Waals surface area contributed by atoms with Crippen LogP contribution < -0.4 is 5.32 Å². The summed E-state index contributed by atoms with van der Waals surface area (Å²) < 4.78 is 5.92. The van der Waals surface area contributed by atoms with Crippen LogP contribution in [0.5, 0.6) is 0 Å². The maximum absolute atomic E-state index is 5.92. The van der Waals surface area contributed by atoms with E-state index in [1.165, 1.54) is 24.8 Å². The second-order valence-corrected chi connectivity index (χ2v) is 6.39. The van der Waals surface area contributed by atoms with Crippen LogP contribution in [0.3, 0.4) is 0 Å². The van der Waals surface area contributed by atoms with Crippen molar-refractivity contribution in [3.63, 3.8) is 0 Å². The Hall–Kier alpha value is -0.860. The van der Waals surface area contributed by atoms with Gasteiger partial charge in [-0.1, -0.05) is 44.2 Å². The molecule has 3 rings (SSSR count). The Morgan fingerprint density at radius 3 is 2.58 bits per heavy atom. The fraction of sp³-hybridized carbons (Fsp3) is 0.647. The summed E-state index contributed by atoms with van der Waals surface area (Å²) in [5.74, 6) is 1.26. The fourth-order valence-electron chi connectivity index (χ4n) is 3.57. The van der Waals surface area contributed by atoms with Crippen LogP contribution in [0.2, 0.25) is 0 Å². The molecule has 2 fully saturated rings. The number of fused-ring (bicyclic) bond motifs is 2. The molecule has 4 unspecified atom stereocenters. The lowest BCUT2D eigenvalue weighted by Crippen LogP contribution is -2.40. The molecule has 1 aromatic carbocycles. The smallest absolute Gasteiger partial charge is 0.0733 e. The van der Waals surface area contributed by atoms with Gasteiger partial charge in [0.1, 0.15) is 0 Å². The second-order valence-electron chi connectivity index (χ2n) is 6.39. The molecule has 0 saturated carbocycles. The minimum Gasteiger partial charge on any atom is -0.373 e. The van der Waals surface area contributed by atoms with E-state index in [4.69, 9.17) is 4.74 Å². The van der Waals surface area contributed by atoms with E-state index in [0.29, 0.717) is 30.1 Å². The van der Waals surface area contributed by atoms with Crippen LogP contribution in [0, 0.1) is 5.92 Å². The van der Waals surface area contributed by atoms with Gasteiger partial charge >= 0.3 is 0 Å². The summed E-state index contributed by atoms with van der Waals surface area (Å²) >= 11 is 0. The van der Waals surface area contributed by atoms with Crippen molar-refractivity contribution in [2.75, 3.05) is 6.54 Å². The van der Waals surface area contributed by atoms with E-state index in [9.17, 15) is 0 Å². The number of hydrogen-bond acceptors (Lipinski definition) is 2. The molecule has 2 heterocycles. The zero-order valence-corrected chi connectivity index (χ0v) is 12.0. The first kappa shape index (κ1) is 13.1. The lowest BCUT2D eigenvalue weighted by Gasteiger charge is -2.26. The van der Waals surface area contributed by atoms with Crippen LogP contribution in [0.4, 0.5) is 0 Å². The van der Waals surface area contributed by atoms with Gasteiger partial charge < -0.3 is 10.1 Å². The molecule has 0 spiro atoms. The van der Waals surface area contributed by atoms with Gasteiger partial charge in [0.2, 0.25) is 0 Å². The van der Waals surface area contributed by atoms with Crippen LogP contribution >= 0.6 is 0 Å². The van der Waals surface area contributed by atoms with Gasteiger partial charge in [-0.3, -0.25) is 0 Å². The highest BCUT2D eigenvalue weighted by atomic mass is 16.5. The summed E-state index contributed by atoms with van der Waals surface area (Å²) in [6.07, 6.45) is 4.75. The van der Waals surface area contributed by atoms with Gasteiger partial charge in [0.25, 0.3) is 0 Å². The molecule has 2 saturated heterocycles. The molecule has 0 aliphatic carbocycles. The van der Waals surface area contributed by atoms with Crippen LogP contribution in [0.1, 0.15) is 44.6 Å². The van der Waals surface area contributed by atoms with Gasteiger partial charge in [-0.25, -0.2) is 0 Å². The van der Waals surface area contributed by atoms with Gasteiger partial charge in [0.15, 0.2) is 0 Å². The van der Waals surface area contributed by atoms with Crippen molar-refractivity contribution in [3.05, 3.63) is 35.9 Å². The predicted octanol–water partition coefficient (Wildman–Crippen LogP) is 3.34. The minimum absolute atomic E-state index is 0.480. The first-order valence-corrected chi connectivity index (χ1v) is 7.68. The molecule has 2 bridgehead atoms. The van der Waals surface area contributed by atoms with Crippen molar-refractivity contribution in [1.29, 1.82) is 0 Å². The monoisotopic (exact) mass is 259 g/mol. The Morgan fingerprint density at radius 1 is 1.21 bits per heavy atom. The SMILES string of the molecule is CC(C)C(CNC1CC2CCC1O2)c1ccccc1. The lowest BCUT2D eigenvalue weighted by molar-refractivity contribution is 0.0971. The normalized spacial score (nSPS) is 31.0. The van der Waals surface area contributed by atoms with Crippen LogP contribution in [0.15, 0.2) is 30.3 Å². The molecule has 2 aliphatic heterocycles. The second kappa shape index (κ2) is 5.64. The molecule has 2 aliphatic rings. The first-order chi connectivity index (χ1) is 9.24. The van der Waals surface area contributed by atoms with E-state index in [1.54, 1.807) is 0 Å². The summed E-state index contributed by atoms with van der Waals surface area (Å²) in [7, 11) is 0. The largest absolute Gasteiger partial charge is 0.373 e. The Labute approximate surface area is 116 Å². The predicted molar refractivity (Wildman–Crippen MR) is 78.3 cm³/mol. The highest BCUT2D eigenvalue weighted by molar-refractivity contribution is 5.20. The van der Waals surface area contributed by atoms with Gasteiger partial charge in [0, 0.05) is 12.6 Å². The van der Waals surface area contributed by atoms with Crippen LogP contribution in [-0.2, 0) is 4.74 Å². The van der Waals surface area contributed by atoms with Crippen molar-refractivity contribution in [2.24, 2.45) is 5.92 Å². The van der Waals surface area contributed by atoms with Crippen molar-refractivity contribution in [2.45, 2.75) is 57.3 Å². The van der Waals surface area contributed by atoms with Gasteiger partial charge in [-0.15, -0.1) is 0 Å². The molecule has 19 heavy (non-hydrogen) atoms. The number of benzene rings is 1. The first-order valence-electron chi connectivity index (χ1n) is 7.68. The number of ether oxygens (including phenoxy) is 1. The molecular formula is C17H25NO. The van der Waals surface area contributed by atoms with Crippen molar-refractivity contribution in [3.8, 4) is 0 Å². The van der Waals surface area contributed by atoms with Gasteiger partial charge in [-0.05, 0) is 36.7 Å². The molecule has 2 heteroatoms. The average molecular weight is 259 g/mol. The highest BCUT2D eigenvalue weighted by Gasteiger charge is 2.40. The maximum atomic E-state index is 5.92. The van der Waals surface area contributed by atoms with E-state index in [2.05, 4.69) is 49.5 Å². The maximum Gasteiger partial charge on any atom is 0.0733 e. The van der Waals surface area contributed by atoms with Crippen molar-refractivity contribution < 1.29 is 4.74 Å². The topological polar surface area (TPSA) is 21.3 Å². The summed E-state index contributed by atoms with van der Waals surface area (Å²) in [5.41, 5.74) is 1.45. The van der Waals surface area contributed by atoms with E-state index in [0.717, 1.165) is 6.54 Å². The zero-order valence-electron chi connectivity index (χ0n) is 12.0. The number of nitrogens with one attached hydrogen (secondary N) is 1. The third kappa shape index (κ3) is 2.85. The fourth-order valence-corrected chi connectivity index (χ4v) is 3.57. The molecule has 2 nitrogen and oxygen atoms in total. The standard InChI is InChI=1S/C17H25NO/c1-12(2)15(13-6-4-3-5-7-13)11-18-16-10-14-8-9-17(16)19-14/h3-7,12,14-18H,8-11H2,1-2H3. The molecule has 0 aromatic heterocycles. The van der Waals surface area contributed by atoms with E-state index in [-0.39, 0.29) is 0 Å². The van der Waals surface area contributed by atoms with E-state index >= 15 is 0 Å². The van der Waals surface area contributed by atoms with Gasteiger partial charge in [-0.2, -0.15) is 0 Å². The van der Waals surface area contributed by atoms with E-state index in [1.807, 2.05) is 0 Å². The number of rotatable bonds is 5. The Balaban J connectivity index is 1.60. The quantitative estimate of drug-likeness (QED) is 0.875. The summed E-state index contributed by atoms with van der Waals surface area (Å²) in [5, 5.41) is 3.77. The molecule has 1 N–H and O–H groups in total. The van der Waals surface area contributed by atoms with Crippen molar-refractivity contribution in [1.82, 2.24) is 5.32 Å². The van der Waals surface area contributed by atoms with Crippen molar-refractivity contribution >= 4 is 0 Å². The third-order valence-corrected chi connectivity index (χ3v) is 4.74. The Kier molecular flexibility index (Phi) is 3.90. The molecule has 0 amide bonds. The summed E-state index contributed by atoms with van der Waals surface area (Å²) in [6.45, 7) is 5.70. The molecule has 1 aromatic rings. The van der Waals surface area contributed by atoms with E-state index < -0.39 is 0 Å². The summed E-state index contributed by atoms with van der Waals surface area (Å²) in [4.78, 5) is 0. The highest BCUT2D eigenvalue weighted by Crippen LogP contribution is 2.34. The minimum atomic E-state index is 0.480. The summed E-state index contributed by atoms with van der Waals surface area (Å²) in [6, 6.07) is 11.5. The molecule has 104 valence electrons. The Morgan fingerprint density at radius 2 is 2.00 bits per heavy atom. The van der Waals surface area contributed by atoms with Crippen LogP contribution in [0.25, 0.3) is 0 Å². The zero-order chi connectivity index (χ0) is 13.2. The van der Waals surface area contributed by atoms with Crippen LogP contribution in [-0.4, -0.2) is 24.8 Å².